The van der Waals surface area contributed by atoms with Crippen LogP contribution in [-0.4, -0.2) is 30.6 Å². The maximum Gasteiger partial charge on any atom is 0.416 e. The standard InChI is InChI=1S/C16H21F3N2/c1-11(12-2-4-14(5-3-12)16(17,18)19)21-9-7-15-13(10-21)6-8-20-15/h2-5,11,13,15,20H,6-10H2,1H3. The van der Waals surface area contributed by atoms with Gasteiger partial charge in [-0.2, -0.15) is 13.2 Å². The van der Waals surface area contributed by atoms with Crippen LogP contribution >= 0.6 is 0 Å². The molecule has 21 heavy (non-hydrogen) atoms. The summed E-state index contributed by atoms with van der Waals surface area (Å²) < 4.78 is 37.8. The third-order valence-corrected chi connectivity index (χ3v) is 4.96. The van der Waals surface area contributed by atoms with Gasteiger partial charge in [0, 0.05) is 25.2 Å². The summed E-state index contributed by atoms with van der Waals surface area (Å²) in [6.07, 6.45) is -1.91. The van der Waals surface area contributed by atoms with Crippen LogP contribution in [0.2, 0.25) is 0 Å². The highest BCUT2D eigenvalue weighted by Crippen LogP contribution is 2.33. The van der Waals surface area contributed by atoms with Crippen molar-refractivity contribution in [2.24, 2.45) is 5.92 Å². The maximum atomic E-state index is 12.6. The fourth-order valence-corrected chi connectivity index (χ4v) is 3.59. The number of nitrogens with zero attached hydrogens (tertiary/aromatic N) is 1. The molecule has 0 saturated carbocycles. The molecule has 2 saturated heterocycles. The first-order valence-corrected chi connectivity index (χ1v) is 7.60. The van der Waals surface area contributed by atoms with E-state index in [1.165, 1.54) is 18.6 Å². The molecule has 3 unspecified atom stereocenters. The zero-order valence-electron chi connectivity index (χ0n) is 12.2. The van der Waals surface area contributed by atoms with E-state index in [4.69, 9.17) is 0 Å². The molecule has 1 N–H and O–H groups in total. The number of fused-ring (bicyclic) bond motifs is 1. The minimum atomic E-state index is -4.25. The van der Waals surface area contributed by atoms with E-state index in [-0.39, 0.29) is 6.04 Å². The van der Waals surface area contributed by atoms with E-state index >= 15 is 0 Å². The van der Waals surface area contributed by atoms with E-state index in [2.05, 4.69) is 17.1 Å². The van der Waals surface area contributed by atoms with Crippen LogP contribution in [0.3, 0.4) is 0 Å². The van der Waals surface area contributed by atoms with Crippen molar-refractivity contribution in [1.82, 2.24) is 10.2 Å². The first-order valence-electron chi connectivity index (χ1n) is 7.60. The Hall–Kier alpha value is -1.07. The van der Waals surface area contributed by atoms with E-state index in [1.807, 2.05) is 0 Å². The van der Waals surface area contributed by atoms with E-state index in [1.54, 1.807) is 12.1 Å². The summed E-state index contributed by atoms with van der Waals surface area (Å²) in [4.78, 5) is 2.40. The van der Waals surface area contributed by atoms with Crippen molar-refractivity contribution in [1.29, 1.82) is 0 Å². The number of halogens is 3. The summed E-state index contributed by atoms with van der Waals surface area (Å²) in [5.41, 5.74) is 0.393. The zero-order chi connectivity index (χ0) is 15.0. The van der Waals surface area contributed by atoms with E-state index in [9.17, 15) is 13.2 Å². The molecular formula is C16H21F3N2. The Kier molecular flexibility index (Phi) is 3.97. The molecule has 1 aromatic carbocycles. The van der Waals surface area contributed by atoms with Gasteiger partial charge in [0.2, 0.25) is 0 Å². The third-order valence-electron chi connectivity index (χ3n) is 4.96. The van der Waals surface area contributed by atoms with Gasteiger partial charge in [-0.15, -0.1) is 0 Å². The van der Waals surface area contributed by atoms with Crippen LogP contribution in [0, 0.1) is 5.92 Å². The zero-order valence-corrected chi connectivity index (χ0v) is 12.2. The van der Waals surface area contributed by atoms with E-state index in [0.717, 1.165) is 31.6 Å². The van der Waals surface area contributed by atoms with Gasteiger partial charge in [-0.25, -0.2) is 0 Å². The van der Waals surface area contributed by atoms with Gasteiger partial charge in [-0.05, 0) is 49.9 Å². The van der Waals surface area contributed by atoms with Crippen LogP contribution in [0.4, 0.5) is 13.2 Å². The Morgan fingerprint density at radius 3 is 2.57 bits per heavy atom. The number of alkyl halides is 3. The molecule has 2 fully saturated rings. The van der Waals surface area contributed by atoms with Gasteiger partial charge in [0.1, 0.15) is 0 Å². The molecule has 3 atom stereocenters. The summed E-state index contributed by atoms with van der Waals surface area (Å²) in [5, 5.41) is 3.53. The first kappa shape index (κ1) is 14.9. The second-order valence-electron chi connectivity index (χ2n) is 6.19. The highest BCUT2D eigenvalue weighted by molar-refractivity contribution is 5.26. The van der Waals surface area contributed by atoms with Crippen molar-refractivity contribution in [3.63, 3.8) is 0 Å². The molecule has 0 aromatic heterocycles. The average Bonchev–Trinajstić information content (AvgIpc) is 2.93. The summed E-state index contributed by atoms with van der Waals surface area (Å²) in [7, 11) is 0. The Morgan fingerprint density at radius 1 is 1.19 bits per heavy atom. The van der Waals surface area contributed by atoms with Crippen LogP contribution in [0.1, 0.15) is 36.9 Å². The van der Waals surface area contributed by atoms with Gasteiger partial charge in [0.25, 0.3) is 0 Å². The molecule has 0 bridgehead atoms. The lowest BCUT2D eigenvalue weighted by atomic mass is 9.91. The fraction of sp³-hybridized carbons (Fsp3) is 0.625. The van der Waals surface area contributed by atoms with Crippen LogP contribution in [0.5, 0.6) is 0 Å². The molecule has 1 aromatic rings. The van der Waals surface area contributed by atoms with Gasteiger partial charge in [-0.1, -0.05) is 12.1 Å². The summed E-state index contributed by atoms with van der Waals surface area (Å²) in [6.45, 7) is 5.24. The number of likely N-dealkylation sites (tertiary alicyclic amines) is 1. The smallest absolute Gasteiger partial charge is 0.314 e. The normalized spacial score (nSPS) is 28.4. The lowest BCUT2D eigenvalue weighted by Crippen LogP contribution is -2.45. The van der Waals surface area contributed by atoms with Gasteiger partial charge in [0.15, 0.2) is 0 Å². The SMILES string of the molecule is CC(c1ccc(C(F)(F)F)cc1)N1CCC2NCCC2C1. The van der Waals surface area contributed by atoms with Crippen LogP contribution in [0.25, 0.3) is 0 Å². The lowest BCUT2D eigenvalue weighted by molar-refractivity contribution is -0.137. The Balaban J connectivity index is 1.69. The van der Waals surface area contributed by atoms with Crippen molar-refractivity contribution in [3.8, 4) is 0 Å². The highest BCUT2D eigenvalue weighted by Gasteiger charge is 2.35. The number of benzene rings is 1. The van der Waals surface area contributed by atoms with Gasteiger partial charge >= 0.3 is 6.18 Å². The number of hydrogen-bond donors (Lipinski definition) is 1. The summed E-state index contributed by atoms with van der Waals surface area (Å²) in [5.74, 6) is 0.690. The molecule has 0 aliphatic carbocycles. The quantitative estimate of drug-likeness (QED) is 0.899. The fourth-order valence-electron chi connectivity index (χ4n) is 3.59. The highest BCUT2D eigenvalue weighted by atomic mass is 19.4. The maximum absolute atomic E-state index is 12.6. The van der Waals surface area contributed by atoms with Crippen molar-refractivity contribution in [2.75, 3.05) is 19.6 Å². The first-order chi connectivity index (χ1) is 9.95. The lowest BCUT2D eigenvalue weighted by Gasteiger charge is -2.38. The Morgan fingerprint density at radius 2 is 1.90 bits per heavy atom. The largest absolute Gasteiger partial charge is 0.416 e. The van der Waals surface area contributed by atoms with Gasteiger partial charge in [0.05, 0.1) is 5.56 Å². The van der Waals surface area contributed by atoms with E-state index < -0.39 is 11.7 Å². The second kappa shape index (κ2) is 5.61. The Bertz CT molecular complexity index is 483. The second-order valence-corrected chi connectivity index (χ2v) is 6.19. The molecule has 0 spiro atoms. The average molecular weight is 298 g/mol. The van der Waals surface area contributed by atoms with Crippen LogP contribution in [0.15, 0.2) is 24.3 Å². The third kappa shape index (κ3) is 3.09. The van der Waals surface area contributed by atoms with Crippen molar-refractivity contribution in [3.05, 3.63) is 35.4 Å². The molecule has 3 rings (SSSR count). The molecule has 116 valence electrons. The van der Waals surface area contributed by atoms with Crippen LogP contribution < -0.4 is 5.32 Å². The molecule has 2 nitrogen and oxygen atoms in total. The topological polar surface area (TPSA) is 15.3 Å². The van der Waals surface area contributed by atoms with Crippen LogP contribution in [-0.2, 0) is 6.18 Å². The monoisotopic (exact) mass is 298 g/mol. The number of rotatable bonds is 2. The minimum absolute atomic E-state index is 0.175. The molecule has 2 aliphatic heterocycles. The molecule has 0 amide bonds. The number of nitrogens with one attached hydrogen (secondary N) is 1. The number of piperidine rings is 1. The molecule has 2 aliphatic rings. The predicted octanol–water partition coefficient (Wildman–Crippen LogP) is 3.45. The minimum Gasteiger partial charge on any atom is -0.314 e. The summed E-state index contributed by atoms with van der Waals surface area (Å²) in [6, 6.07) is 6.43. The Labute approximate surface area is 123 Å². The molecule has 2 heterocycles. The summed E-state index contributed by atoms with van der Waals surface area (Å²) >= 11 is 0. The number of hydrogen-bond acceptors (Lipinski definition) is 2. The molecular weight excluding hydrogens is 277 g/mol. The van der Waals surface area contributed by atoms with Crippen molar-refractivity contribution < 1.29 is 13.2 Å². The molecule has 0 radical (unpaired) electrons. The molecule has 5 heteroatoms. The van der Waals surface area contributed by atoms with E-state index in [0.29, 0.717) is 12.0 Å². The van der Waals surface area contributed by atoms with Crippen molar-refractivity contribution >= 4 is 0 Å². The predicted molar refractivity (Wildman–Crippen MR) is 75.9 cm³/mol. The van der Waals surface area contributed by atoms with Gasteiger partial charge < -0.3 is 5.32 Å². The van der Waals surface area contributed by atoms with Crippen molar-refractivity contribution in [2.45, 2.75) is 38.0 Å². The van der Waals surface area contributed by atoms with Gasteiger partial charge in [-0.3, -0.25) is 4.90 Å².